The molecule has 0 saturated heterocycles. The Bertz CT molecular complexity index is 165. The predicted octanol–water partition coefficient (Wildman–Crippen LogP) is 3.84. The largest absolute Gasteiger partial charge is 0.314 e. The molecule has 1 N–H and O–H groups in total. The highest BCUT2D eigenvalue weighted by Crippen LogP contribution is 2.29. The predicted molar refractivity (Wildman–Crippen MR) is 68.0 cm³/mol. The number of nitrogens with one attached hydrogen (secondary N) is 1. The van der Waals surface area contributed by atoms with Gasteiger partial charge in [0.05, 0.1) is 0 Å². The Balaban J connectivity index is 2.07. The normalized spacial score (nSPS) is 32.2. The van der Waals surface area contributed by atoms with Crippen molar-refractivity contribution in [2.75, 3.05) is 6.54 Å². The second kappa shape index (κ2) is 6.52. The molecule has 0 aromatic rings. The highest BCUT2D eigenvalue weighted by molar-refractivity contribution is 4.79. The first kappa shape index (κ1) is 13.0. The topological polar surface area (TPSA) is 12.0 Å². The first-order valence-electron chi connectivity index (χ1n) is 6.83. The summed E-state index contributed by atoms with van der Waals surface area (Å²) in [4.78, 5) is 0. The van der Waals surface area contributed by atoms with Gasteiger partial charge in [-0.1, -0.05) is 27.7 Å². The molecule has 0 spiro atoms. The molecule has 1 nitrogen and oxygen atoms in total. The molecule has 0 aromatic heterocycles. The molecular weight excluding hydrogens is 182 g/mol. The zero-order chi connectivity index (χ0) is 11.3. The van der Waals surface area contributed by atoms with E-state index in [0.29, 0.717) is 0 Å². The van der Waals surface area contributed by atoms with Crippen LogP contribution in [-0.2, 0) is 0 Å². The van der Waals surface area contributed by atoms with Gasteiger partial charge in [-0.15, -0.1) is 0 Å². The summed E-state index contributed by atoms with van der Waals surface area (Å²) in [5, 5.41) is 3.73. The van der Waals surface area contributed by atoms with Crippen LogP contribution in [0.2, 0.25) is 0 Å². The number of rotatable bonds is 5. The first-order chi connectivity index (χ1) is 7.09. The minimum Gasteiger partial charge on any atom is -0.314 e. The third-order valence-corrected chi connectivity index (χ3v) is 3.99. The molecule has 0 heterocycles. The number of hydrogen-bond acceptors (Lipinski definition) is 1. The minimum absolute atomic E-state index is 0.809. The van der Waals surface area contributed by atoms with Crippen molar-refractivity contribution in [3.8, 4) is 0 Å². The van der Waals surface area contributed by atoms with Gasteiger partial charge in [0, 0.05) is 6.04 Å². The van der Waals surface area contributed by atoms with Gasteiger partial charge in [0.25, 0.3) is 0 Å². The average molecular weight is 211 g/mol. The monoisotopic (exact) mass is 211 g/mol. The van der Waals surface area contributed by atoms with Gasteiger partial charge < -0.3 is 5.32 Å². The minimum atomic E-state index is 0.809. The van der Waals surface area contributed by atoms with Crippen LogP contribution < -0.4 is 5.32 Å². The fraction of sp³-hybridized carbons (Fsp3) is 1.00. The van der Waals surface area contributed by atoms with E-state index in [-0.39, 0.29) is 0 Å². The smallest absolute Gasteiger partial charge is 0.00698 e. The molecule has 0 aromatic carbocycles. The van der Waals surface area contributed by atoms with Crippen molar-refractivity contribution in [2.45, 2.75) is 65.8 Å². The van der Waals surface area contributed by atoms with Gasteiger partial charge in [-0.3, -0.25) is 0 Å². The molecule has 1 fully saturated rings. The molecule has 0 bridgehead atoms. The molecule has 0 amide bonds. The Morgan fingerprint density at radius 3 is 2.47 bits per heavy atom. The highest BCUT2D eigenvalue weighted by atomic mass is 14.9. The Morgan fingerprint density at radius 1 is 1.13 bits per heavy atom. The molecule has 90 valence electrons. The molecule has 3 unspecified atom stereocenters. The second-order valence-corrected chi connectivity index (χ2v) is 5.95. The average Bonchev–Trinajstić information content (AvgIpc) is 2.18. The summed E-state index contributed by atoms with van der Waals surface area (Å²) in [6.45, 7) is 10.7. The van der Waals surface area contributed by atoms with E-state index in [2.05, 4.69) is 33.0 Å². The van der Waals surface area contributed by atoms with Crippen LogP contribution in [0, 0.1) is 17.8 Å². The van der Waals surface area contributed by atoms with Gasteiger partial charge in [-0.2, -0.15) is 0 Å². The van der Waals surface area contributed by atoms with Crippen LogP contribution in [0.15, 0.2) is 0 Å². The standard InChI is InChI=1S/C14H29N/c1-11(2)6-5-9-15-14-8-7-12(3)13(4)10-14/h11-15H,5-10H2,1-4H3. The first-order valence-corrected chi connectivity index (χ1v) is 6.83. The lowest BCUT2D eigenvalue weighted by Crippen LogP contribution is -2.36. The van der Waals surface area contributed by atoms with Gasteiger partial charge in [0.15, 0.2) is 0 Å². The van der Waals surface area contributed by atoms with Gasteiger partial charge >= 0.3 is 0 Å². The summed E-state index contributed by atoms with van der Waals surface area (Å²) in [7, 11) is 0. The zero-order valence-electron chi connectivity index (χ0n) is 11.1. The van der Waals surface area contributed by atoms with Crippen molar-refractivity contribution >= 4 is 0 Å². The lowest BCUT2D eigenvalue weighted by Gasteiger charge is -2.32. The lowest BCUT2D eigenvalue weighted by atomic mass is 9.79. The van der Waals surface area contributed by atoms with Crippen LogP contribution in [0.4, 0.5) is 0 Å². The fourth-order valence-electron chi connectivity index (χ4n) is 2.55. The Kier molecular flexibility index (Phi) is 5.66. The van der Waals surface area contributed by atoms with E-state index in [1.165, 1.54) is 38.6 Å². The van der Waals surface area contributed by atoms with Gasteiger partial charge in [0.1, 0.15) is 0 Å². The summed E-state index contributed by atoms with van der Waals surface area (Å²) in [5.41, 5.74) is 0. The third kappa shape index (κ3) is 5.01. The molecule has 1 heteroatoms. The van der Waals surface area contributed by atoms with Crippen LogP contribution in [0.25, 0.3) is 0 Å². The summed E-state index contributed by atoms with van der Waals surface area (Å²) in [5.74, 6) is 2.72. The van der Waals surface area contributed by atoms with Gasteiger partial charge in [-0.25, -0.2) is 0 Å². The quantitative estimate of drug-likeness (QED) is 0.681. The van der Waals surface area contributed by atoms with E-state index < -0.39 is 0 Å². The Morgan fingerprint density at radius 2 is 1.87 bits per heavy atom. The Labute approximate surface area is 96.0 Å². The maximum atomic E-state index is 3.73. The SMILES string of the molecule is CC(C)CCCNC1CCC(C)C(C)C1. The van der Waals surface area contributed by atoms with Crippen LogP contribution in [0.5, 0.6) is 0 Å². The van der Waals surface area contributed by atoms with Crippen molar-refractivity contribution in [3.63, 3.8) is 0 Å². The van der Waals surface area contributed by atoms with E-state index >= 15 is 0 Å². The summed E-state index contributed by atoms with van der Waals surface area (Å²) in [6.07, 6.45) is 6.92. The molecule has 0 radical (unpaired) electrons. The molecule has 1 rings (SSSR count). The molecule has 1 aliphatic rings. The maximum Gasteiger partial charge on any atom is 0.00698 e. The third-order valence-electron chi connectivity index (χ3n) is 3.99. The summed E-state index contributed by atoms with van der Waals surface area (Å²) < 4.78 is 0. The van der Waals surface area contributed by atoms with Crippen LogP contribution in [-0.4, -0.2) is 12.6 Å². The molecule has 3 atom stereocenters. The van der Waals surface area contributed by atoms with E-state index in [4.69, 9.17) is 0 Å². The summed E-state index contributed by atoms with van der Waals surface area (Å²) >= 11 is 0. The molecule has 0 aliphatic heterocycles. The van der Waals surface area contributed by atoms with E-state index in [1.807, 2.05) is 0 Å². The zero-order valence-corrected chi connectivity index (χ0v) is 11.1. The fourth-order valence-corrected chi connectivity index (χ4v) is 2.55. The van der Waals surface area contributed by atoms with Gasteiger partial charge in [-0.05, 0) is 56.4 Å². The van der Waals surface area contributed by atoms with E-state index in [1.54, 1.807) is 0 Å². The molecule has 15 heavy (non-hydrogen) atoms. The molecule has 1 saturated carbocycles. The summed E-state index contributed by atoms with van der Waals surface area (Å²) in [6, 6.07) is 0.809. The van der Waals surface area contributed by atoms with Crippen molar-refractivity contribution in [1.29, 1.82) is 0 Å². The van der Waals surface area contributed by atoms with E-state index in [9.17, 15) is 0 Å². The van der Waals surface area contributed by atoms with Gasteiger partial charge in [0.2, 0.25) is 0 Å². The van der Waals surface area contributed by atoms with Crippen LogP contribution in [0.3, 0.4) is 0 Å². The van der Waals surface area contributed by atoms with Crippen LogP contribution >= 0.6 is 0 Å². The number of hydrogen-bond donors (Lipinski definition) is 1. The maximum absolute atomic E-state index is 3.73. The van der Waals surface area contributed by atoms with E-state index in [0.717, 1.165) is 23.8 Å². The van der Waals surface area contributed by atoms with Crippen molar-refractivity contribution in [2.24, 2.45) is 17.8 Å². The van der Waals surface area contributed by atoms with Crippen molar-refractivity contribution in [3.05, 3.63) is 0 Å². The van der Waals surface area contributed by atoms with Crippen LogP contribution in [0.1, 0.15) is 59.8 Å². The van der Waals surface area contributed by atoms with Crippen molar-refractivity contribution in [1.82, 2.24) is 5.32 Å². The Hall–Kier alpha value is -0.0400. The highest BCUT2D eigenvalue weighted by Gasteiger charge is 2.23. The lowest BCUT2D eigenvalue weighted by molar-refractivity contribution is 0.225. The van der Waals surface area contributed by atoms with Crippen molar-refractivity contribution < 1.29 is 0 Å². The molecule has 1 aliphatic carbocycles. The second-order valence-electron chi connectivity index (χ2n) is 5.95. The molecular formula is C14H29N.